The molecule has 0 radical (unpaired) electrons. The number of hydrogen-bond donors (Lipinski definition) is 2. The van der Waals surface area contributed by atoms with Gasteiger partial charge in [-0.05, 0) is 35.4 Å². The molecule has 0 spiro atoms. The molecule has 0 bridgehead atoms. The minimum Gasteiger partial charge on any atom is -0.355 e. The molecule has 0 aliphatic rings. The maximum absolute atomic E-state index is 12.5. The molecule has 2 N–H and O–H groups in total. The van der Waals surface area contributed by atoms with E-state index in [1.165, 1.54) is 0 Å². The van der Waals surface area contributed by atoms with Crippen molar-refractivity contribution >= 4 is 17.5 Å². The van der Waals surface area contributed by atoms with E-state index in [1.54, 1.807) is 43.4 Å². The number of carbonyl (C=O) groups excluding carboxylic acids is 2. The highest BCUT2D eigenvalue weighted by Gasteiger charge is 2.13. The normalized spacial score (nSPS) is 10.1. The molecule has 25 heavy (non-hydrogen) atoms. The average Bonchev–Trinajstić information content (AvgIpc) is 2.68. The quantitative estimate of drug-likeness (QED) is 0.760. The Morgan fingerprint density at radius 3 is 1.96 bits per heavy atom. The molecule has 0 aromatic heterocycles. The van der Waals surface area contributed by atoms with Gasteiger partial charge in [0.05, 0.1) is 11.3 Å². The van der Waals surface area contributed by atoms with Crippen LogP contribution < -0.4 is 10.6 Å². The molecule has 3 rings (SSSR count). The first-order valence-corrected chi connectivity index (χ1v) is 7.97. The zero-order chi connectivity index (χ0) is 17.6. The number of rotatable bonds is 4. The average molecular weight is 330 g/mol. The van der Waals surface area contributed by atoms with Crippen molar-refractivity contribution in [2.75, 3.05) is 12.4 Å². The van der Waals surface area contributed by atoms with Gasteiger partial charge < -0.3 is 10.6 Å². The van der Waals surface area contributed by atoms with Crippen LogP contribution in [0, 0.1) is 0 Å². The molecule has 124 valence electrons. The van der Waals surface area contributed by atoms with Crippen molar-refractivity contribution in [2.45, 2.75) is 0 Å². The topological polar surface area (TPSA) is 58.2 Å². The predicted octanol–water partition coefficient (Wildman–Crippen LogP) is 3.97. The van der Waals surface area contributed by atoms with Gasteiger partial charge in [0.25, 0.3) is 11.8 Å². The van der Waals surface area contributed by atoms with E-state index in [4.69, 9.17) is 0 Å². The smallest absolute Gasteiger partial charge is 0.255 e. The molecule has 0 fully saturated rings. The van der Waals surface area contributed by atoms with Gasteiger partial charge in [0, 0.05) is 12.6 Å². The lowest BCUT2D eigenvalue weighted by Crippen LogP contribution is -2.21. The Labute approximate surface area is 146 Å². The number of nitrogens with one attached hydrogen (secondary N) is 2. The molecule has 3 aromatic carbocycles. The minimum absolute atomic E-state index is 0.240. The summed E-state index contributed by atoms with van der Waals surface area (Å²) in [5, 5.41) is 5.37. The Morgan fingerprint density at radius 1 is 0.680 bits per heavy atom. The van der Waals surface area contributed by atoms with Gasteiger partial charge in [-0.3, -0.25) is 9.59 Å². The van der Waals surface area contributed by atoms with E-state index in [-0.39, 0.29) is 11.8 Å². The molecule has 0 atom stereocenters. The number of carbonyl (C=O) groups is 2. The molecule has 3 aromatic rings. The molecule has 4 heteroatoms. The zero-order valence-electron chi connectivity index (χ0n) is 13.8. The van der Waals surface area contributed by atoms with Gasteiger partial charge in [-0.25, -0.2) is 0 Å². The summed E-state index contributed by atoms with van der Waals surface area (Å²) in [6.45, 7) is 0. The van der Waals surface area contributed by atoms with Crippen molar-refractivity contribution < 1.29 is 9.59 Å². The Bertz CT molecular complexity index is 887. The predicted molar refractivity (Wildman–Crippen MR) is 99.7 cm³/mol. The fourth-order valence-corrected chi connectivity index (χ4v) is 2.56. The zero-order valence-corrected chi connectivity index (χ0v) is 13.8. The van der Waals surface area contributed by atoms with Crippen LogP contribution in [0.25, 0.3) is 11.1 Å². The summed E-state index contributed by atoms with van der Waals surface area (Å²) in [6.07, 6.45) is 0. The van der Waals surface area contributed by atoms with E-state index in [2.05, 4.69) is 10.6 Å². The van der Waals surface area contributed by atoms with Gasteiger partial charge >= 0.3 is 0 Å². The van der Waals surface area contributed by atoms with E-state index in [1.807, 2.05) is 42.5 Å². The van der Waals surface area contributed by atoms with Crippen molar-refractivity contribution in [3.05, 3.63) is 90.0 Å². The van der Waals surface area contributed by atoms with Crippen LogP contribution in [0.3, 0.4) is 0 Å². The lowest BCUT2D eigenvalue weighted by molar-refractivity contribution is 0.0964. The second-order valence-electron chi connectivity index (χ2n) is 5.52. The molecule has 0 unspecified atom stereocenters. The van der Waals surface area contributed by atoms with Crippen molar-refractivity contribution in [2.24, 2.45) is 0 Å². The van der Waals surface area contributed by atoms with Crippen LogP contribution in [0.2, 0.25) is 0 Å². The highest BCUT2D eigenvalue weighted by atomic mass is 16.2. The molecular formula is C21H18N2O2. The molecular weight excluding hydrogens is 312 g/mol. The summed E-state index contributed by atoms with van der Waals surface area (Å²) in [7, 11) is 1.56. The molecule has 0 aliphatic heterocycles. The van der Waals surface area contributed by atoms with Gasteiger partial charge in [0.1, 0.15) is 0 Å². The van der Waals surface area contributed by atoms with Crippen LogP contribution in [0.5, 0.6) is 0 Å². The molecule has 0 saturated heterocycles. The Morgan fingerprint density at radius 2 is 1.28 bits per heavy atom. The van der Waals surface area contributed by atoms with Gasteiger partial charge in [-0.2, -0.15) is 0 Å². The van der Waals surface area contributed by atoms with Gasteiger partial charge in [-0.1, -0.05) is 54.6 Å². The summed E-state index contributed by atoms with van der Waals surface area (Å²) in [6, 6.07) is 24.3. The molecule has 0 heterocycles. The van der Waals surface area contributed by atoms with E-state index < -0.39 is 0 Å². The highest BCUT2D eigenvalue weighted by Crippen LogP contribution is 2.20. The molecule has 4 nitrogen and oxygen atoms in total. The van der Waals surface area contributed by atoms with Gasteiger partial charge in [0.15, 0.2) is 0 Å². The van der Waals surface area contributed by atoms with E-state index in [9.17, 15) is 9.59 Å². The number of anilines is 1. The fourth-order valence-electron chi connectivity index (χ4n) is 2.56. The summed E-state index contributed by atoms with van der Waals surface area (Å²) >= 11 is 0. The monoisotopic (exact) mass is 330 g/mol. The third-order valence-corrected chi connectivity index (χ3v) is 3.90. The maximum atomic E-state index is 12.5. The first kappa shape index (κ1) is 16.5. The lowest BCUT2D eigenvalue weighted by Gasteiger charge is -2.10. The Hall–Kier alpha value is -3.40. The lowest BCUT2D eigenvalue weighted by atomic mass is 10.0. The summed E-state index contributed by atoms with van der Waals surface area (Å²) in [5.41, 5.74) is 3.59. The Kier molecular flexibility index (Phi) is 4.90. The van der Waals surface area contributed by atoms with Crippen LogP contribution in [0.1, 0.15) is 20.7 Å². The van der Waals surface area contributed by atoms with Crippen molar-refractivity contribution in [1.82, 2.24) is 5.32 Å². The van der Waals surface area contributed by atoms with Crippen LogP contribution >= 0.6 is 0 Å². The largest absolute Gasteiger partial charge is 0.355 e. The first-order valence-electron chi connectivity index (χ1n) is 7.97. The molecule has 0 saturated carbocycles. The summed E-state index contributed by atoms with van der Waals surface area (Å²) < 4.78 is 0. The number of benzene rings is 3. The van der Waals surface area contributed by atoms with E-state index >= 15 is 0 Å². The number of para-hydroxylation sites is 1. The summed E-state index contributed by atoms with van der Waals surface area (Å²) in [4.78, 5) is 24.4. The van der Waals surface area contributed by atoms with Gasteiger partial charge in [-0.15, -0.1) is 0 Å². The second kappa shape index (κ2) is 7.45. The summed E-state index contributed by atoms with van der Waals surface area (Å²) in [5.74, 6) is -0.494. The van der Waals surface area contributed by atoms with Crippen molar-refractivity contribution in [3.63, 3.8) is 0 Å². The van der Waals surface area contributed by atoms with E-state index in [0.717, 1.165) is 11.1 Å². The van der Waals surface area contributed by atoms with Crippen LogP contribution in [0.15, 0.2) is 78.9 Å². The molecule has 2 amide bonds. The fraction of sp³-hybridized carbons (Fsp3) is 0.0476. The third-order valence-electron chi connectivity index (χ3n) is 3.90. The SMILES string of the molecule is CNC(=O)c1ccccc1NC(=O)c1ccc(-c2ccccc2)cc1. The van der Waals surface area contributed by atoms with Crippen molar-refractivity contribution in [1.29, 1.82) is 0 Å². The first-order chi connectivity index (χ1) is 12.2. The van der Waals surface area contributed by atoms with E-state index in [0.29, 0.717) is 16.8 Å². The second-order valence-corrected chi connectivity index (χ2v) is 5.52. The van der Waals surface area contributed by atoms with Gasteiger partial charge in [0.2, 0.25) is 0 Å². The van der Waals surface area contributed by atoms with Crippen LogP contribution in [-0.4, -0.2) is 18.9 Å². The van der Waals surface area contributed by atoms with Crippen LogP contribution in [-0.2, 0) is 0 Å². The maximum Gasteiger partial charge on any atom is 0.255 e. The Balaban J connectivity index is 1.80. The van der Waals surface area contributed by atoms with Crippen LogP contribution in [0.4, 0.5) is 5.69 Å². The standard InChI is InChI=1S/C21H18N2O2/c1-22-21(25)18-9-5-6-10-19(18)23-20(24)17-13-11-16(12-14-17)15-7-3-2-4-8-15/h2-14H,1H3,(H,22,25)(H,23,24). The molecule has 0 aliphatic carbocycles. The number of hydrogen-bond acceptors (Lipinski definition) is 2. The third kappa shape index (κ3) is 3.75. The number of amides is 2. The highest BCUT2D eigenvalue weighted by molar-refractivity contribution is 6.09. The minimum atomic E-state index is -0.254. The van der Waals surface area contributed by atoms with Crippen molar-refractivity contribution in [3.8, 4) is 11.1 Å².